The molecule has 0 bridgehead atoms. The Balaban J connectivity index is 0.00000261. The number of ether oxygens (including phenoxy) is 2. The second-order valence-corrected chi connectivity index (χ2v) is 7.12. The molecule has 0 spiro atoms. The summed E-state index contributed by atoms with van der Waals surface area (Å²) in [6.07, 6.45) is 3.08. The summed E-state index contributed by atoms with van der Waals surface area (Å²) in [5.41, 5.74) is 1.57. The van der Waals surface area contributed by atoms with E-state index in [9.17, 15) is 5.11 Å². The van der Waals surface area contributed by atoms with Gasteiger partial charge in [-0.3, -0.25) is 5.01 Å². The summed E-state index contributed by atoms with van der Waals surface area (Å²) in [6.45, 7) is 6.21. The lowest BCUT2D eigenvalue weighted by molar-refractivity contribution is -0.0725. The van der Waals surface area contributed by atoms with E-state index in [0.29, 0.717) is 11.5 Å². The lowest BCUT2D eigenvalue weighted by Crippen LogP contribution is -2.49. The van der Waals surface area contributed by atoms with Crippen molar-refractivity contribution in [2.75, 3.05) is 27.3 Å². The molecule has 2 aliphatic rings. The van der Waals surface area contributed by atoms with E-state index in [-0.39, 0.29) is 23.9 Å². The highest BCUT2D eigenvalue weighted by Crippen LogP contribution is 2.44. The number of aliphatic hydroxyl groups is 1. The van der Waals surface area contributed by atoms with Gasteiger partial charge in [0.05, 0.1) is 31.4 Å². The van der Waals surface area contributed by atoms with Crippen molar-refractivity contribution >= 4 is 18.1 Å². The molecule has 0 saturated carbocycles. The summed E-state index contributed by atoms with van der Waals surface area (Å²) in [5, 5.41) is 21.6. The van der Waals surface area contributed by atoms with Gasteiger partial charge in [0.1, 0.15) is 0 Å². The molecule has 0 radical (unpaired) electrons. The molecule has 2 N–H and O–H groups in total. The third-order valence-electron chi connectivity index (χ3n) is 6.03. The molecule has 0 amide bonds. The minimum Gasteiger partial charge on any atom is -0.493 e. The van der Waals surface area contributed by atoms with Gasteiger partial charge in [0.25, 0.3) is 0 Å². The monoisotopic (exact) mass is 397 g/mol. The highest BCUT2D eigenvalue weighted by Gasteiger charge is 2.50. The minimum absolute atomic E-state index is 0. The molecule has 1 aromatic rings. The minimum atomic E-state index is -0.594. The van der Waals surface area contributed by atoms with E-state index in [1.54, 1.807) is 14.2 Å². The first kappa shape index (κ1) is 21.8. The van der Waals surface area contributed by atoms with Crippen LogP contribution in [0, 0.1) is 5.41 Å². The summed E-state index contributed by atoms with van der Waals surface area (Å²) in [4.78, 5) is 0. The molecule has 27 heavy (non-hydrogen) atoms. The van der Waals surface area contributed by atoms with Crippen LogP contribution in [-0.4, -0.2) is 55.4 Å². The summed E-state index contributed by atoms with van der Waals surface area (Å²) in [5.74, 6) is 1.38. The summed E-state index contributed by atoms with van der Waals surface area (Å²) in [6, 6.07) is 6.17. The third-order valence-corrected chi connectivity index (χ3v) is 6.03. The Morgan fingerprint density at radius 2 is 1.78 bits per heavy atom. The molecule has 3 rings (SSSR count). The van der Waals surface area contributed by atoms with Crippen LogP contribution in [0.15, 0.2) is 23.3 Å². The molecule has 1 fully saturated rings. The van der Waals surface area contributed by atoms with Crippen molar-refractivity contribution in [1.82, 2.24) is 10.3 Å². The Morgan fingerprint density at radius 1 is 1.15 bits per heavy atom. The van der Waals surface area contributed by atoms with Crippen LogP contribution >= 0.6 is 12.4 Å². The van der Waals surface area contributed by atoms with E-state index in [2.05, 4.69) is 19.2 Å². The van der Waals surface area contributed by atoms with Crippen LogP contribution < -0.4 is 14.8 Å². The molecule has 1 aromatic carbocycles. The highest BCUT2D eigenvalue weighted by molar-refractivity contribution is 6.06. The zero-order chi connectivity index (χ0) is 18.7. The number of methoxy groups -OCH3 is 2. The number of halogens is 1. The number of piperidine rings is 1. The van der Waals surface area contributed by atoms with Crippen molar-refractivity contribution in [3.63, 3.8) is 0 Å². The van der Waals surface area contributed by atoms with E-state index in [4.69, 9.17) is 14.6 Å². The summed E-state index contributed by atoms with van der Waals surface area (Å²) >= 11 is 0. The van der Waals surface area contributed by atoms with Gasteiger partial charge < -0.3 is 19.9 Å². The molecule has 2 heterocycles. The second kappa shape index (κ2) is 9.13. The summed E-state index contributed by atoms with van der Waals surface area (Å²) in [7, 11) is 3.27. The van der Waals surface area contributed by atoms with Crippen molar-refractivity contribution in [2.45, 2.75) is 51.8 Å². The third kappa shape index (κ3) is 3.75. The number of benzene rings is 1. The number of hydrogen-bond acceptors (Lipinski definition) is 6. The van der Waals surface area contributed by atoms with Crippen molar-refractivity contribution in [1.29, 1.82) is 0 Å². The molecule has 6 nitrogen and oxygen atoms in total. The maximum absolute atomic E-state index is 11.2. The van der Waals surface area contributed by atoms with Gasteiger partial charge in [0.15, 0.2) is 17.7 Å². The van der Waals surface area contributed by atoms with Gasteiger partial charge in [-0.1, -0.05) is 13.8 Å². The topological polar surface area (TPSA) is 66.3 Å². The Bertz CT molecular complexity index is 658. The van der Waals surface area contributed by atoms with Crippen molar-refractivity contribution in [3.8, 4) is 11.5 Å². The van der Waals surface area contributed by atoms with Gasteiger partial charge in [-0.05, 0) is 57.0 Å². The Kier molecular flexibility index (Phi) is 7.37. The van der Waals surface area contributed by atoms with Gasteiger partial charge in [0.2, 0.25) is 0 Å². The van der Waals surface area contributed by atoms with Crippen molar-refractivity contribution in [2.24, 2.45) is 10.5 Å². The molecule has 1 atom stereocenters. The first-order valence-electron chi connectivity index (χ1n) is 9.59. The Labute approximate surface area is 168 Å². The maximum atomic E-state index is 11.2. The van der Waals surface area contributed by atoms with Crippen LogP contribution in [0.2, 0.25) is 0 Å². The molecule has 1 saturated heterocycles. The normalized spacial score (nSPS) is 22.2. The van der Waals surface area contributed by atoms with Crippen LogP contribution in [0.5, 0.6) is 11.5 Å². The van der Waals surface area contributed by atoms with E-state index >= 15 is 0 Å². The van der Waals surface area contributed by atoms with Crippen LogP contribution in [0.4, 0.5) is 0 Å². The number of hydrazone groups is 1. The molecular weight excluding hydrogens is 366 g/mol. The average Bonchev–Trinajstić information content (AvgIpc) is 3.00. The standard InChI is InChI=1S/C20H31N3O3.ClH/c1-5-20(6-2)18(14-7-8-16(25-3)17(13-14)26-4)22-23(19(20)24)15-9-11-21-12-10-15;/h7-8,13,15,19,21,24H,5-6,9-12H2,1-4H3;1H. The largest absolute Gasteiger partial charge is 0.493 e. The average molecular weight is 398 g/mol. The predicted molar refractivity (Wildman–Crippen MR) is 110 cm³/mol. The number of hydrogen-bond donors (Lipinski definition) is 2. The van der Waals surface area contributed by atoms with Gasteiger partial charge in [0, 0.05) is 5.56 Å². The van der Waals surface area contributed by atoms with Crippen molar-refractivity contribution < 1.29 is 14.6 Å². The van der Waals surface area contributed by atoms with E-state index in [0.717, 1.165) is 50.0 Å². The Morgan fingerprint density at radius 3 is 2.33 bits per heavy atom. The molecule has 7 heteroatoms. The zero-order valence-electron chi connectivity index (χ0n) is 16.7. The first-order chi connectivity index (χ1) is 12.6. The van der Waals surface area contributed by atoms with Crippen LogP contribution in [-0.2, 0) is 0 Å². The second-order valence-electron chi connectivity index (χ2n) is 7.12. The van der Waals surface area contributed by atoms with Gasteiger partial charge in [-0.15, -0.1) is 12.4 Å². The fourth-order valence-corrected chi connectivity index (χ4v) is 4.28. The predicted octanol–water partition coefficient (Wildman–Crippen LogP) is 3.02. The van der Waals surface area contributed by atoms with Gasteiger partial charge in [-0.25, -0.2) is 0 Å². The smallest absolute Gasteiger partial charge is 0.161 e. The first-order valence-corrected chi connectivity index (χ1v) is 9.59. The van der Waals surface area contributed by atoms with E-state index in [1.165, 1.54) is 0 Å². The summed E-state index contributed by atoms with van der Waals surface area (Å²) < 4.78 is 10.8. The number of nitrogens with zero attached hydrogens (tertiary/aromatic N) is 2. The lowest BCUT2D eigenvalue weighted by Gasteiger charge is -2.38. The molecule has 2 aliphatic heterocycles. The molecule has 0 aliphatic carbocycles. The fraction of sp³-hybridized carbons (Fsp3) is 0.650. The molecule has 1 unspecified atom stereocenters. The van der Waals surface area contributed by atoms with E-state index < -0.39 is 6.23 Å². The van der Waals surface area contributed by atoms with Crippen LogP contribution in [0.3, 0.4) is 0 Å². The van der Waals surface area contributed by atoms with Crippen molar-refractivity contribution in [3.05, 3.63) is 23.8 Å². The van der Waals surface area contributed by atoms with Crippen LogP contribution in [0.25, 0.3) is 0 Å². The van der Waals surface area contributed by atoms with Gasteiger partial charge in [-0.2, -0.15) is 5.10 Å². The van der Waals surface area contributed by atoms with Crippen LogP contribution in [0.1, 0.15) is 45.1 Å². The SMILES string of the molecule is CCC1(CC)C(c2ccc(OC)c(OC)c2)=NN(C2CCNCC2)C1O.Cl. The zero-order valence-corrected chi connectivity index (χ0v) is 17.5. The number of aliphatic hydroxyl groups excluding tert-OH is 1. The Hall–Kier alpha value is -1.50. The fourth-order valence-electron chi connectivity index (χ4n) is 4.28. The van der Waals surface area contributed by atoms with E-state index in [1.807, 2.05) is 23.2 Å². The lowest BCUT2D eigenvalue weighted by atomic mass is 9.74. The molecule has 152 valence electrons. The highest BCUT2D eigenvalue weighted by atomic mass is 35.5. The molecule has 0 aromatic heterocycles. The quantitative estimate of drug-likeness (QED) is 0.772. The van der Waals surface area contributed by atoms with Gasteiger partial charge >= 0.3 is 0 Å². The number of rotatable bonds is 6. The number of nitrogens with one attached hydrogen (secondary N) is 1. The maximum Gasteiger partial charge on any atom is 0.161 e. The molecular formula is C20H32ClN3O3.